The molecule has 6 rings (SSSR count). The van der Waals surface area contributed by atoms with Crippen LogP contribution in [0.4, 0.5) is 5.69 Å². The molecule has 3 heterocycles. The van der Waals surface area contributed by atoms with Crippen molar-refractivity contribution in [3.05, 3.63) is 100 Å². The Labute approximate surface area is 253 Å². The minimum Gasteiger partial charge on any atom is -0.368 e. The molecule has 0 aromatic heterocycles. The zero-order valence-corrected chi connectivity index (χ0v) is 24.9. The van der Waals surface area contributed by atoms with Crippen molar-refractivity contribution in [1.29, 1.82) is 0 Å². The van der Waals surface area contributed by atoms with Gasteiger partial charge in [0.2, 0.25) is 11.8 Å². The quantitative estimate of drug-likeness (QED) is 0.418. The lowest BCUT2D eigenvalue weighted by molar-refractivity contribution is -0.137. The molecule has 0 saturated carbocycles. The van der Waals surface area contributed by atoms with Crippen LogP contribution in [0.1, 0.15) is 35.1 Å². The minimum atomic E-state index is -0.647. The molecule has 0 bridgehead atoms. The topological polar surface area (TPSA) is 67.9 Å². The SMILES string of the molecule is O=C(N[C@H](Cc1ccc(Cl)cc1)C(=O)N1CCN(c2ccccc2CN2CCCC2)CC1)[C@@H]1Cc2ccccc2CN1. The highest BCUT2D eigenvalue weighted by Gasteiger charge is 2.32. The third kappa shape index (κ3) is 6.80. The number of fused-ring (bicyclic) bond motifs is 1. The van der Waals surface area contributed by atoms with Gasteiger partial charge in [0, 0.05) is 56.4 Å². The molecule has 8 heteroatoms. The van der Waals surface area contributed by atoms with Gasteiger partial charge < -0.3 is 20.4 Å². The Bertz CT molecular complexity index is 1380. The van der Waals surface area contributed by atoms with Gasteiger partial charge in [-0.3, -0.25) is 14.5 Å². The summed E-state index contributed by atoms with van der Waals surface area (Å²) >= 11 is 6.12. The zero-order valence-electron chi connectivity index (χ0n) is 24.1. The van der Waals surface area contributed by atoms with Crippen molar-refractivity contribution in [2.75, 3.05) is 44.2 Å². The predicted molar refractivity (Wildman–Crippen MR) is 168 cm³/mol. The first-order valence-electron chi connectivity index (χ1n) is 15.2. The van der Waals surface area contributed by atoms with Crippen LogP contribution < -0.4 is 15.5 Å². The number of halogens is 1. The molecule has 0 spiro atoms. The fraction of sp³-hybridized carbons (Fsp3) is 0.412. The van der Waals surface area contributed by atoms with Crippen LogP contribution in [0.2, 0.25) is 5.02 Å². The van der Waals surface area contributed by atoms with E-state index in [9.17, 15) is 9.59 Å². The van der Waals surface area contributed by atoms with Crippen LogP contribution >= 0.6 is 11.6 Å². The number of hydrogen-bond donors (Lipinski definition) is 2. The van der Waals surface area contributed by atoms with Gasteiger partial charge in [0.15, 0.2) is 0 Å². The maximum Gasteiger partial charge on any atom is 0.245 e. The van der Waals surface area contributed by atoms with Crippen molar-refractivity contribution in [1.82, 2.24) is 20.4 Å². The molecule has 3 aliphatic heterocycles. The monoisotopic (exact) mass is 585 g/mol. The third-order valence-corrected chi connectivity index (χ3v) is 9.13. The summed E-state index contributed by atoms with van der Waals surface area (Å²) in [6.07, 6.45) is 3.59. The van der Waals surface area contributed by atoms with Gasteiger partial charge in [0.25, 0.3) is 0 Å². The largest absolute Gasteiger partial charge is 0.368 e. The fourth-order valence-corrected chi connectivity index (χ4v) is 6.62. The average molecular weight is 586 g/mol. The standard InChI is InChI=1S/C34H40ClN5O2/c35-29-13-11-25(12-14-29)21-31(37-33(41)30-22-26-7-1-2-8-27(26)23-36-30)34(42)40-19-17-39(18-20-40)32-10-4-3-9-28(32)24-38-15-5-6-16-38/h1-4,7-14,30-31,36H,5-6,15-24H2,(H,37,41)/t30-,31+/m0/s1. The highest BCUT2D eigenvalue weighted by atomic mass is 35.5. The van der Waals surface area contributed by atoms with Crippen molar-refractivity contribution >= 4 is 29.1 Å². The lowest BCUT2D eigenvalue weighted by Gasteiger charge is -2.39. The van der Waals surface area contributed by atoms with Crippen LogP contribution in [0.3, 0.4) is 0 Å². The lowest BCUT2D eigenvalue weighted by Crippen LogP contribution is -2.58. The first-order chi connectivity index (χ1) is 20.5. The second-order valence-corrected chi connectivity index (χ2v) is 12.2. The summed E-state index contributed by atoms with van der Waals surface area (Å²) in [5.74, 6) is -0.161. The van der Waals surface area contributed by atoms with E-state index in [1.807, 2.05) is 41.3 Å². The normalized spacial score (nSPS) is 19.8. The maximum atomic E-state index is 14.0. The molecule has 0 radical (unpaired) electrons. The summed E-state index contributed by atoms with van der Waals surface area (Å²) in [7, 11) is 0. The van der Waals surface area contributed by atoms with E-state index in [4.69, 9.17) is 11.6 Å². The van der Waals surface area contributed by atoms with Gasteiger partial charge in [-0.05, 0) is 72.8 Å². The first kappa shape index (κ1) is 28.7. The number of carbonyl (C=O) groups is 2. The molecule has 3 aromatic rings. The number of benzene rings is 3. The van der Waals surface area contributed by atoms with E-state index in [2.05, 4.69) is 56.8 Å². The zero-order chi connectivity index (χ0) is 28.9. The van der Waals surface area contributed by atoms with Gasteiger partial charge in [-0.25, -0.2) is 0 Å². The number of carbonyl (C=O) groups excluding carboxylic acids is 2. The van der Waals surface area contributed by atoms with Crippen molar-refractivity contribution in [2.24, 2.45) is 0 Å². The van der Waals surface area contributed by atoms with Gasteiger partial charge >= 0.3 is 0 Å². The molecule has 3 aliphatic rings. The van der Waals surface area contributed by atoms with E-state index in [0.717, 1.165) is 25.2 Å². The summed E-state index contributed by atoms with van der Waals surface area (Å²) < 4.78 is 0. The Kier molecular flexibility index (Phi) is 9.08. The van der Waals surface area contributed by atoms with Gasteiger partial charge in [-0.2, -0.15) is 0 Å². The van der Waals surface area contributed by atoms with Crippen LogP contribution in [-0.2, 0) is 35.5 Å². The second kappa shape index (κ2) is 13.3. The van der Waals surface area contributed by atoms with Gasteiger partial charge in [0.05, 0.1) is 6.04 Å². The average Bonchev–Trinajstić information content (AvgIpc) is 3.55. The number of para-hydroxylation sites is 1. The van der Waals surface area contributed by atoms with Crippen LogP contribution in [0.15, 0.2) is 72.8 Å². The molecule has 2 saturated heterocycles. The highest BCUT2D eigenvalue weighted by Crippen LogP contribution is 2.25. The van der Waals surface area contributed by atoms with Crippen LogP contribution in [0, 0.1) is 0 Å². The lowest BCUT2D eigenvalue weighted by atomic mass is 9.95. The van der Waals surface area contributed by atoms with E-state index in [1.54, 1.807) is 0 Å². The van der Waals surface area contributed by atoms with Crippen LogP contribution in [0.25, 0.3) is 0 Å². The molecule has 2 amide bonds. The molecule has 0 unspecified atom stereocenters. The highest BCUT2D eigenvalue weighted by molar-refractivity contribution is 6.30. The molecular formula is C34H40ClN5O2. The van der Waals surface area contributed by atoms with Crippen molar-refractivity contribution in [2.45, 2.75) is 50.9 Å². The Hall–Kier alpha value is -3.39. The van der Waals surface area contributed by atoms with Gasteiger partial charge in [-0.1, -0.05) is 66.2 Å². The summed E-state index contributed by atoms with van der Waals surface area (Å²) in [6, 6.07) is 23.4. The number of nitrogens with one attached hydrogen (secondary N) is 2. The summed E-state index contributed by atoms with van der Waals surface area (Å²) in [5, 5.41) is 7.14. The predicted octanol–water partition coefficient (Wildman–Crippen LogP) is 4.03. The Morgan fingerprint density at radius 1 is 0.857 bits per heavy atom. The number of rotatable bonds is 8. The molecule has 2 fully saturated rings. The summed E-state index contributed by atoms with van der Waals surface area (Å²) in [5.41, 5.74) is 5.99. The molecule has 0 aliphatic carbocycles. The van der Waals surface area contributed by atoms with E-state index < -0.39 is 6.04 Å². The first-order valence-corrected chi connectivity index (χ1v) is 15.6. The number of hydrogen-bond acceptors (Lipinski definition) is 5. The molecule has 3 aromatic carbocycles. The Morgan fingerprint density at radius 3 is 2.31 bits per heavy atom. The number of likely N-dealkylation sites (tertiary alicyclic amines) is 1. The molecule has 2 atom stereocenters. The second-order valence-electron chi connectivity index (χ2n) is 11.7. The van der Waals surface area contributed by atoms with Crippen molar-refractivity contribution < 1.29 is 9.59 Å². The van der Waals surface area contributed by atoms with E-state index in [-0.39, 0.29) is 17.9 Å². The molecular weight excluding hydrogens is 546 g/mol. The van der Waals surface area contributed by atoms with Gasteiger partial charge in [-0.15, -0.1) is 0 Å². The number of anilines is 1. The smallest absolute Gasteiger partial charge is 0.245 e. The molecule has 2 N–H and O–H groups in total. The summed E-state index contributed by atoms with van der Waals surface area (Å²) in [6.45, 7) is 6.74. The molecule has 220 valence electrons. The van der Waals surface area contributed by atoms with E-state index in [0.29, 0.717) is 37.5 Å². The van der Waals surface area contributed by atoms with E-state index in [1.165, 1.54) is 48.3 Å². The van der Waals surface area contributed by atoms with Crippen LogP contribution in [-0.4, -0.2) is 73.0 Å². The molecule has 42 heavy (non-hydrogen) atoms. The van der Waals surface area contributed by atoms with Crippen molar-refractivity contribution in [3.8, 4) is 0 Å². The number of amides is 2. The number of nitrogens with zero attached hydrogens (tertiary/aromatic N) is 3. The fourth-order valence-electron chi connectivity index (χ4n) is 6.49. The molecule has 7 nitrogen and oxygen atoms in total. The van der Waals surface area contributed by atoms with E-state index >= 15 is 0 Å². The maximum absolute atomic E-state index is 14.0. The summed E-state index contributed by atoms with van der Waals surface area (Å²) in [4.78, 5) is 34.3. The van der Waals surface area contributed by atoms with Crippen molar-refractivity contribution in [3.63, 3.8) is 0 Å². The minimum absolute atomic E-state index is 0.0282. The third-order valence-electron chi connectivity index (χ3n) is 8.88. The Balaban J connectivity index is 1.12. The number of piperazine rings is 1. The Morgan fingerprint density at radius 2 is 1.55 bits per heavy atom. The van der Waals surface area contributed by atoms with Gasteiger partial charge in [0.1, 0.15) is 6.04 Å². The van der Waals surface area contributed by atoms with Crippen LogP contribution in [0.5, 0.6) is 0 Å².